The van der Waals surface area contributed by atoms with Gasteiger partial charge in [0.2, 0.25) is 0 Å². The summed E-state index contributed by atoms with van der Waals surface area (Å²) in [5.41, 5.74) is 0.623. The molecule has 0 N–H and O–H groups in total. The van der Waals surface area contributed by atoms with Gasteiger partial charge in [0.25, 0.3) is 0 Å². The van der Waals surface area contributed by atoms with Crippen LogP contribution in [0.4, 0.5) is 4.79 Å². The zero-order valence-electron chi connectivity index (χ0n) is 14.8. The summed E-state index contributed by atoms with van der Waals surface area (Å²) in [6, 6.07) is 6.12. The van der Waals surface area contributed by atoms with Crippen LogP contribution in [0, 0.1) is 5.92 Å². The van der Waals surface area contributed by atoms with E-state index in [1.54, 1.807) is 0 Å². The Labute approximate surface area is 162 Å². The molecule has 1 saturated carbocycles. The van der Waals surface area contributed by atoms with Gasteiger partial charge in [0.15, 0.2) is 0 Å². The van der Waals surface area contributed by atoms with E-state index in [-0.39, 0.29) is 6.09 Å². The fourth-order valence-corrected chi connectivity index (χ4v) is 4.52. The van der Waals surface area contributed by atoms with Crippen molar-refractivity contribution in [1.29, 1.82) is 0 Å². The van der Waals surface area contributed by atoms with E-state index in [4.69, 9.17) is 4.74 Å². The summed E-state index contributed by atoms with van der Waals surface area (Å²) in [6.07, 6.45) is 6.07. The minimum atomic E-state index is -0.472. The third-order valence-corrected chi connectivity index (χ3v) is 5.07. The molecule has 1 fully saturated rings. The van der Waals surface area contributed by atoms with Gasteiger partial charge in [0.1, 0.15) is 5.60 Å². The predicted molar refractivity (Wildman–Crippen MR) is 105 cm³/mol. The number of benzene rings is 1. The van der Waals surface area contributed by atoms with Crippen LogP contribution in [0.25, 0.3) is 0 Å². The molecule has 0 bridgehead atoms. The molecule has 5 heteroatoms. The fourth-order valence-electron chi connectivity index (χ4n) is 3.13. The standard InChI is InChI=1S/C19H27Br2NO2/c1-19(2,3)24-18(23)22(12-14-7-5-4-6-8-14)13-15-9-16(20)11-17(21)10-15/h9-11,14H,4-8,12-13H2,1-3H3. The summed E-state index contributed by atoms with van der Waals surface area (Å²) >= 11 is 7.05. The van der Waals surface area contributed by atoms with Gasteiger partial charge in [-0.05, 0) is 63.3 Å². The zero-order valence-corrected chi connectivity index (χ0v) is 18.0. The first kappa shape index (κ1) is 19.8. The van der Waals surface area contributed by atoms with Gasteiger partial charge in [-0.1, -0.05) is 51.1 Å². The van der Waals surface area contributed by atoms with E-state index in [2.05, 4.69) is 44.0 Å². The normalized spacial score (nSPS) is 16.0. The molecule has 1 aromatic carbocycles. The van der Waals surface area contributed by atoms with Gasteiger partial charge < -0.3 is 9.64 Å². The van der Waals surface area contributed by atoms with Crippen molar-refractivity contribution < 1.29 is 9.53 Å². The minimum absolute atomic E-state index is 0.218. The molecule has 0 saturated heterocycles. The molecule has 0 spiro atoms. The van der Waals surface area contributed by atoms with E-state index in [0.29, 0.717) is 12.5 Å². The van der Waals surface area contributed by atoms with Crippen molar-refractivity contribution in [1.82, 2.24) is 4.90 Å². The second-order valence-electron chi connectivity index (χ2n) is 7.64. The SMILES string of the molecule is CC(C)(C)OC(=O)N(Cc1cc(Br)cc(Br)c1)CC1CCCCC1. The number of amides is 1. The van der Waals surface area contributed by atoms with Gasteiger partial charge in [0, 0.05) is 22.0 Å². The lowest BCUT2D eigenvalue weighted by molar-refractivity contribution is 0.0190. The maximum Gasteiger partial charge on any atom is 0.410 e. The lowest BCUT2D eigenvalue weighted by atomic mass is 9.89. The maximum absolute atomic E-state index is 12.7. The monoisotopic (exact) mass is 459 g/mol. The molecule has 24 heavy (non-hydrogen) atoms. The average molecular weight is 461 g/mol. The number of carbonyl (C=O) groups is 1. The lowest BCUT2D eigenvalue weighted by Gasteiger charge is -2.32. The van der Waals surface area contributed by atoms with E-state index in [1.165, 1.54) is 32.1 Å². The molecule has 0 atom stereocenters. The molecule has 0 aromatic heterocycles. The van der Waals surface area contributed by atoms with E-state index in [1.807, 2.05) is 31.7 Å². The van der Waals surface area contributed by atoms with Crippen LogP contribution in [-0.2, 0) is 11.3 Å². The van der Waals surface area contributed by atoms with Gasteiger partial charge in [0.05, 0.1) is 0 Å². The number of carbonyl (C=O) groups excluding carboxylic acids is 1. The molecule has 0 radical (unpaired) electrons. The number of hydrogen-bond acceptors (Lipinski definition) is 2. The molecule has 2 rings (SSSR count). The van der Waals surface area contributed by atoms with Gasteiger partial charge in [-0.15, -0.1) is 0 Å². The Hall–Kier alpha value is -0.550. The number of ether oxygens (including phenoxy) is 1. The van der Waals surface area contributed by atoms with Crippen molar-refractivity contribution in [3.63, 3.8) is 0 Å². The first-order valence-corrected chi connectivity index (χ1v) is 10.2. The fraction of sp³-hybridized carbons (Fsp3) is 0.632. The molecule has 0 heterocycles. The Balaban J connectivity index is 2.12. The summed E-state index contributed by atoms with van der Waals surface area (Å²) in [5, 5.41) is 0. The first-order chi connectivity index (χ1) is 11.2. The van der Waals surface area contributed by atoms with Gasteiger partial charge in [-0.2, -0.15) is 0 Å². The van der Waals surface area contributed by atoms with Crippen molar-refractivity contribution in [2.75, 3.05) is 6.54 Å². The smallest absolute Gasteiger partial charge is 0.410 e. The molecular formula is C19H27Br2NO2. The molecule has 0 unspecified atom stereocenters. The van der Waals surface area contributed by atoms with Gasteiger partial charge >= 0.3 is 6.09 Å². The van der Waals surface area contributed by atoms with Crippen molar-refractivity contribution in [3.8, 4) is 0 Å². The molecule has 1 aromatic rings. The van der Waals surface area contributed by atoms with Gasteiger partial charge in [-0.3, -0.25) is 0 Å². The quantitative estimate of drug-likeness (QED) is 0.511. The summed E-state index contributed by atoms with van der Waals surface area (Å²) < 4.78 is 7.65. The number of hydrogen-bond donors (Lipinski definition) is 0. The van der Waals surface area contributed by atoms with Crippen LogP contribution in [0.3, 0.4) is 0 Å². The Morgan fingerprint density at radius 2 is 1.71 bits per heavy atom. The van der Waals surface area contributed by atoms with Crippen LogP contribution >= 0.6 is 31.9 Å². The zero-order chi connectivity index (χ0) is 17.7. The highest BCUT2D eigenvalue weighted by molar-refractivity contribution is 9.11. The van der Waals surface area contributed by atoms with Crippen LogP contribution in [-0.4, -0.2) is 23.1 Å². The van der Waals surface area contributed by atoms with Crippen LogP contribution in [0.5, 0.6) is 0 Å². The third kappa shape index (κ3) is 6.75. The molecule has 0 aliphatic heterocycles. The Morgan fingerprint density at radius 3 is 2.25 bits per heavy atom. The third-order valence-electron chi connectivity index (χ3n) is 4.15. The topological polar surface area (TPSA) is 29.5 Å². The van der Waals surface area contributed by atoms with Crippen molar-refractivity contribution in [2.24, 2.45) is 5.92 Å². The molecule has 3 nitrogen and oxygen atoms in total. The van der Waals surface area contributed by atoms with Crippen LogP contribution in [0.1, 0.15) is 58.4 Å². The van der Waals surface area contributed by atoms with Gasteiger partial charge in [-0.25, -0.2) is 4.79 Å². The van der Waals surface area contributed by atoms with Crippen LogP contribution in [0.2, 0.25) is 0 Å². The Morgan fingerprint density at radius 1 is 1.12 bits per heavy atom. The Bertz CT molecular complexity index is 543. The van der Waals surface area contributed by atoms with Crippen LogP contribution in [0.15, 0.2) is 27.1 Å². The summed E-state index contributed by atoms with van der Waals surface area (Å²) in [4.78, 5) is 14.6. The summed E-state index contributed by atoms with van der Waals surface area (Å²) in [6.45, 7) is 7.10. The van der Waals surface area contributed by atoms with Crippen LogP contribution < -0.4 is 0 Å². The summed E-state index contributed by atoms with van der Waals surface area (Å²) in [7, 11) is 0. The molecule has 1 amide bonds. The molecular weight excluding hydrogens is 434 g/mol. The minimum Gasteiger partial charge on any atom is -0.444 e. The first-order valence-electron chi connectivity index (χ1n) is 8.66. The summed E-state index contributed by atoms with van der Waals surface area (Å²) in [5.74, 6) is 0.585. The number of rotatable bonds is 4. The molecule has 1 aliphatic carbocycles. The van der Waals surface area contributed by atoms with Crippen molar-refractivity contribution in [2.45, 2.75) is 65.0 Å². The second-order valence-corrected chi connectivity index (χ2v) is 9.47. The lowest BCUT2D eigenvalue weighted by Crippen LogP contribution is -2.39. The molecule has 134 valence electrons. The number of halogens is 2. The number of nitrogens with zero attached hydrogens (tertiary/aromatic N) is 1. The Kier molecular flexibility index (Phi) is 7.17. The van der Waals surface area contributed by atoms with E-state index < -0.39 is 5.60 Å². The predicted octanol–water partition coefficient (Wildman–Crippen LogP) is 6.53. The molecule has 1 aliphatic rings. The highest BCUT2D eigenvalue weighted by atomic mass is 79.9. The second kappa shape index (κ2) is 8.70. The maximum atomic E-state index is 12.7. The van der Waals surface area contributed by atoms with Crippen molar-refractivity contribution >= 4 is 38.0 Å². The van der Waals surface area contributed by atoms with Crippen molar-refractivity contribution in [3.05, 3.63) is 32.7 Å². The van der Waals surface area contributed by atoms with E-state index in [0.717, 1.165) is 21.1 Å². The highest BCUT2D eigenvalue weighted by Crippen LogP contribution is 2.27. The van der Waals surface area contributed by atoms with E-state index in [9.17, 15) is 4.79 Å². The largest absolute Gasteiger partial charge is 0.444 e. The highest BCUT2D eigenvalue weighted by Gasteiger charge is 2.25. The average Bonchev–Trinajstić information content (AvgIpc) is 2.45. The van der Waals surface area contributed by atoms with E-state index >= 15 is 0 Å².